The highest BCUT2D eigenvalue weighted by Gasteiger charge is 2.11. The lowest BCUT2D eigenvalue weighted by Crippen LogP contribution is -2.77. The van der Waals surface area contributed by atoms with Crippen LogP contribution in [0.3, 0.4) is 0 Å². The summed E-state index contributed by atoms with van der Waals surface area (Å²) in [5.41, 5.74) is 1.22. The lowest BCUT2D eigenvalue weighted by Gasteiger charge is -2.13. The van der Waals surface area contributed by atoms with Gasteiger partial charge in [-0.1, -0.05) is 0 Å². The molecule has 0 radical (unpaired) electrons. The Morgan fingerprint density at radius 1 is 1.19 bits per heavy atom. The van der Waals surface area contributed by atoms with Gasteiger partial charge in [-0.05, 0) is 41.9 Å². The summed E-state index contributed by atoms with van der Waals surface area (Å²) in [4.78, 5) is 0. The van der Waals surface area contributed by atoms with Gasteiger partial charge in [0.2, 0.25) is 0 Å². The summed E-state index contributed by atoms with van der Waals surface area (Å²) in [7, 11) is 2.05. The molecule has 0 amide bonds. The molecule has 0 aromatic heterocycles. The highest BCUT2D eigenvalue weighted by atomic mass is 79.9. The standard InChI is InChI=1S/C12H18BrNO2/c1-4-15-11-7-9(8-14-3)6-10(13)12(11)16-5-2/h6-7,14H,4-5,8H2,1-3H3/p+1. The molecule has 0 heterocycles. The van der Waals surface area contributed by atoms with E-state index in [1.807, 2.05) is 27.0 Å². The van der Waals surface area contributed by atoms with Gasteiger partial charge in [-0.2, -0.15) is 0 Å². The molecule has 1 aromatic rings. The van der Waals surface area contributed by atoms with Crippen molar-refractivity contribution in [2.24, 2.45) is 0 Å². The summed E-state index contributed by atoms with van der Waals surface area (Å²) in [6.07, 6.45) is 0. The summed E-state index contributed by atoms with van der Waals surface area (Å²) < 4.78 is 12.1. The molecule has 0 unspecified atom stereocenters. The van der Waals surface area contributed by atoms with E-state index < -0.39 is 0 Å². The smallest absolute Gasteiger partial charge is 0.175 e. The maximum absolute atomic E-state index is 5.59. The van der Waals surface area contributed by atoms with Crippen molar-refractivity contribution in [1.82, 2.24) is 0 Å². The van der Waals surface area contributed by atoms with Crippen LogP contribution in [0.25, 0.3) is 0 Å². The molecule has 0 fully saturated rings. The van der Waals surface area contributed by atoms with E-state index in [2.05, 4.69) is 27.3 Å². The number of rotatable bonds is 6. The first-order chi connectivity index (χ1) is 7.72. The first-order valence-electron chi connectivity index (χ1n) is 5.58. The molecular weight excluding hydrogens is 270 g/mol. The predicted molar refractivity (Wildman–Crippen MR) is 68.0 cm³/mol. The molecule has 0 bridgehead atoms. The zero-order chi connectivity index (χ0) is 12.0. The molecule has 1 aromatic carbocycles. The van der Waals surface area contributed by atoms with E-state index in [1.54, 1.807) is 0 Å². The second kappa shape index (κ2) is 6.76. The topological polar surface area (TPSA) is 35.1 Å². The molecule has 2 N–H and O–H groups in total. The molecule has 90 valence electrons. The van der Waals surface area contributed by atoms with E-state index in [1.165, 1.54) is 5.56 Å². The zero-order valence-electron chi connectivity index (χ0n) is 10.0. The molecule has 1 rings (SSSR count). The summed E-state index contributed by atoms with van der Waals surface area (Å²) in [6.45, 7) is 6.16. The van der Waals surface area contributed by atoms with Crippen molar-refractivity contribution in [3.05, 3.63) is 22.2 Å². The normalized spacial score (nSPS) is 10.2. The Morgan fingerprint density at radius 3 is 2.44 bits per heavy atom. The quantitative estimate of drug-likeness (QED) is 0.868. The number of halogens is 1. The number of ether oxygens (including phenoxy) is 2. The maximum Gasteiger partial charge on any atom is 0.175 e. The molecule has 4 heteroatoms. The van der Waals surface area contributed by atoms with Crippen molar-refractivity contribution in [2.45, 2.75) is 20.4 Å². The fourth-order valence-electron chi connectivity index (χ4n) is 1.52. The van der Waals surface area contributed by atoms with Crippen LogP contribution in [0.15, 0.2) is 16.6 Å². The Kier molecular flexibility index (Phi) is 5.63. The Morgan fingerprint density at radius 2 is 1.88 bits per heavy atom. The van der Waals surface area contributed by atoms with Crippen LogP contribution in [0.2, 0.25) is 0 Å². The van der Waals surface area contributed by atoms with Crippen LogP contribution in [-0.2, 0) is 6.54 Å². The molecule has 16 heavy (non-hydrogen) atoms. The first kappa shape index (κ1) is 13.3. The van der Waals surface area contributed by atoms with Crippen LogP contribution in [0.1, 0.15) is 19.4 Å². The summed E-state index contributed by atoms with van der Waals surface area (Å²) >= 11 is 3.52. The number of hydrogen-bond acceptors (Lipinski definition) is 2. The van der Waals surface area contributed by atoms with Gasteiger partial charge in [-0.15, -0.1) is 0 Å². The number of nitrogens with two attached hydrogens (primary N) is 1. The third-order valence-corrected chi connectivity index (χ3v) is 2.69. The van der Waals surface area contributed by atoms with E-state index in [0.717, 1.165) is 22.5 Å². The number of benzene rings is 1. The number of hydrogen-bond donors (Lipinski definition) is 1. The Balaban J connectivity index is 3.05. The lowest BCUT2D eigenvalue weighted by atomic mass is 10.2. The Labute approximate surface area is 105 Å². The van der Waals surface area contributed by atoms with Crippen molar-refractivity contribution >= 4 is 15.9 Å². The third kappa shape index (κ3) is 3.39. The van der Waals surface area contributed by atoms with Crippen molar-refractivity contribution in [3.8, 4) is 11.5 Å². The van der Waals surface area contributed by atoms with Crippen LogP contribution < -0.4 is 14.8 Å². The van der Waals surface area contributed by atoms with Crippen molar-refractivity contribution < 1.29 is 14.8 Å². The summed E-state index contributed by atoms with van der Waals surface area (Å²) in [5, 5.41) is 2.12. The maximum atomic E-state index is 5.59. The van der Waals surface area contributed by atoms with Crippen molar-refractivity contribution in [2.75, 3.05) is 20.3 Å². The van der Waals surface area contributed by atoms with E-state index in [-0.39, 0.29) is 0 Å². The molecule has 0 aliphatic heterocycles. The van der Waals surface area contributed by atoms with Crippen molar-refractivity contribution in [1.29, 1.82) is 0 Å². The van der Waals surface area contributed by atoms with Crippen LogP contribution >= 0.6 is 15.9 Å². The molecule has 0 saturated carbocycles. The fourth-order valence-corrected chi connectivity index (χ4v) is 2.13. The molecule has 0 aliphatic carbocycles. The minimum atomic E-state index is 0.637. The fraction of sp³-hybridized carbons (Fsp3) is 0.500. The van der Waals surface area contributed by atoms with Crippen LogP contribution in [0.5, 0.6) is 11.5 Å². The van der Waals surface area contributed by atoms with Crippen LogP contribution in [0, 0.1) is 0 Å². The average Bonchev–Trinajstić information content (AvgIpc) is 2.24. The summed E-state index contributed by atoms with van der Waals surface area (Å²) in [6, 6.07) is 4.12. The molecule has 3 nitrogen and oxygen atoms in total. The van der Waals surface area contributed by atoms with Gasteiger partial charge in [0.15, 0.2) is 11.5 Å². The van der Waals surface area contributed by atoms with Crippen molar-refractivity contribution in [3.63, 3.8) is 0 Å². The highest BCUT2D eigenvalue weighted by molar-refractivity contribution is 9.10. The van der Waals surface area contributed by atoms with Gasteiger partial charge in [0.05, 0.1) is 24.7 Å². The molecule has 0 spiro atoms. The number of quaternary nitrogens is 1. The minimum Gasteiger partial charge on any atom is -0.490 e. The molecular formula is C12H19BrNO2+. The monoisotopic (exact) mass is 288 g/mol. The van der Waals surface area contributed by atoms with Crippen LogP contribution in [-0.4, -0.2) is 20.3 Å². The van der Waals surface area contributed by atoms with E-state index in [4.69, 9.17) is 9.47 Å². The minimum absolute atomic E-state index is 0.637. The van der Waals surface area contributed by atoms with Gasteiger partial charge in [-0.3, -0.25) is 0 Å². The molecule has 0 aliphatic rings. The molecule has 0 saturated heterocycles. The molecule has 0 atom stereocenters. The van der Waals surface area contributed by atoms with E-state index in [0.29, 0.717) is 13.2 Å². The lowest BCUT2D eigenvalue weighted by molar-refractivity contribution is -0.643. The van der Waals surface area contributed by atoms with Gasteiger partial charge in [0, 0.05) is 5.56 Å². The Bertz CT molecular complexity index is 342. The van der Waals surface area contributed by atoms with Gasteiger partial charge in [0.1, 0.15) is 6.54 Å². The highest BCUT2D eigenvalue weighted by Crippen LogP contribution is 2.36. The van der Waals surface area contributed by atoms with Crippen LogP contribution in [0.4, 0.5) is 0 Å². The van der Waals surface area contributed by atoms with Gasteiger partial charge < -0.3 is 14.8 Å². The predicted octanol–water partition coefficient (Wildman–Crippen LogP) is 1.94. The largest absolute Gasteiger partial charge is 0.490 e. The van der Waals surface area contributed by atoms with Gasteiger partial charge in [0.25, 0.3) is 0 Å². The first-order valence-corrected chi connectivity index (χ1v) is 6.38. The Hall–Kier alpha value is -0.740. The van der Waals surface area contributed by atoms with E-state index >= 15 is 0 Å². The third-order valence-electron chi connectivity index (χ3n) is 2.10. The SMILES string of the molecule is CCOc1cc(C[NH2+]C)cc(Br)c1OCC. The average molecular weight is 289 g/mol. The van der Waals surface area contributed by atoms with E-state index in [9.17, 15) is 0 Å². The zero-order valence-corrected chi connectivity index (χ0v) is 11.6. The summed E-state index contributed by atoms with van der Waals surface area (Å²) in [5.74, 6) is 1.61. The second-order valence-corrected chi connectivity index (χ2v) is 4.24. The van der Waals surface area contributed by atoms with Gasteiger partial charge in [-0.25, -0.2) is 0 Å². The van der Waals surface area contributed by atoms with Gasteiger partial charge >= 0.3 is 0 Å². The second-order valence-electron chi connectivity index (χ2n) is 3.38.